The van der Waals surface area contributed by atoms with Gasteiger partial charge in [0.2, 0.25) is 5.91 Å². The number of carbonyl (C=O) groups is 3. The Morgan fingerprint density at radius 2 is 1.83 bits per heavy atom. The Hall–Kier alpha value is -3.60. The van der Waals surface area contributed by atoms with E-state index in [1.807, 2.05) is 0 Å². The third kappa shape index (κ3) is 5.46. The number of hydrogen-bond acceptors (Lipinski definition) is 5. The smallest absolute Gasteiger partial charge is 0.416 e. The third-order valence-electron chi connectivity index (χ3n) is 6.44. The Kier molecular flexibility index (Phi) is 7.21. The number of benzene rings is 2. The zero-order valence-electron chi connectivity index (χ0n) is 19.7. The number of rotatable bonds is 4. The van der Waals surface area contributed by atoms with Crippen LogP contribution in [0.5, 0.6) is 5.75 Å². The van der Waals surface area contributed by atoms with E-state index in [-0.39, 0.29) is 48.1 Å². The van der Waals surface area contributed by atoms with Crippen LogP contribution in [0, 0.1) is 0 Å². The van der Waals surface area contributed by atoms with Crippen LogP contribution in [0.1, 0.15) is 45.5 Å². The van der Waals surface area contributed by atoms with Gasteiger partial charge in [-0.05, 0) is 55.3 Å². The van der Waals surface area contributed by atoms with E-state index in [1.165, 1.54) is 6.07 Å². The first-order valence-electron chi connectivity index (χ1n) is 11.5. The Balaban J connectivity index is 1.49. The van der Waals surface area contributed by atoms with Crippen LogP contribution in [0.2, 0.25) is 0 Å². The lowest BCUT2D eigenvalue weighted by atomic mass is 9.94. The van der Waals surface area contributed by atoms with Crippen molar-refractivity contribution >= 4 is 23.4 Å². The van der Waals surface area contributed by atoms with Gasteiger partial charge in [-0.25, -0.2) is 0 Å². The number of carbonyl (C=O) groups excluding carboxylic acids is 3. The maximum atomic E-state index is 13.3. The molecular formula is C25H26F3N3O5. The van der Waals surface area contributed by atoms with E-state index in [4.69, 9.17) is 9.47 Å². The number of nitrogens with zero attached hydrogens (tertiary/aromatic N) is 1. The minimum atomic E-state index is -4.50. The summed E-state index contributed by atoms with van der Waals surface area (Å²) in [5.74, 6) is -0.737. The van der Waals surface area contributed by atoms with Crippen LogP contribution < -0.4 is 15.4 Å². The van der Waals surface area contributed by atoms with Crippen LogP contribution >= 0.6 is 0 Å². The quantitative estimate of drug-likeness (QED) is 0.664. The van der Waals surface area contributed by atoms with Crippen molar-refractivity contribution in [2.45, 2.75) is 43.7 Å². The summed E-state index contributed by atoms with van der Waals surface area (Å²) in [6, 6.07) is 8.18. The second-order valence-corrected chi connectivity index (χ2v) is 8.79. The maximum absolute atomic E-state index is 13.3. The van der Waals surface area contributed by atoms with Gasteiger partial charge in [0.05, 0.1) is 29.7 Å². The number of anilines is 1. The Labute approximate surface area is 205 Å². The van der Waals surface area contributed by atoms with Crippen LogP contribution in [-0.4, -0.2) is 61.6 Å². The summed E-state index contributed by atoms with van der Waals surface area (Å²) in [4.78, 5) is 39.2. The molecule has 0 radical (unpaired) electrons. The first-order chi connectivity index (χ1) is 17.1. The number of likely N-dealkylation sites (N-methyl/N-ethyl adjacent to an activating group) is 1. The molecular weight excluding hydrogens is 479 g/mol. The molecule has 192 valence electrons. The molecule has 11 heteroatoms. The number of halogens is 3. The fraction of sp³-hybridized carbons (Fsp3) is 0.400. The normalized spacial score (nSPS) is 21.9. The van der Waals surface area contributed by atoms with Crippen molar-refractivity contribution < 1.29 is 37.0 Å². The standard InChI is InChI=1S/C25H26F3N3O5/c1-29-22(32)12-17-8-9-19-21(36-17)13-35-20-10-7-16(11-18(20)24(34)31(19)2)30-23(33)14-3-5-15(6-4-14)25(26,27)28/h3-7,10-11,17,19,21H,8-9,12-13H2,1-2H3,(H,29,32)(H,30,33)/t17-,19-,21-/m1/s1. The zero-order valence-corrected chi connectivity index (χ0v) is 19.7. The second-order valence-electron chi connectivity index (χ2n) is 8.79. The molecule has 0 saturated carbocycles. The van der Waals surface area contributed by atoms with Crippen LogP contribution in [-0.2, 0) is 15.7 Å². The molecule has 0 spiro atoms. The van der Waals surface area contributed by atoms with Gasteiger partial charge in [-0.15, -0.1) is 0 Å². The van der Waals surface area contributed by atoms with E-state index >= 15 is 0 Å². The highest BCUT2D eigenvalue weighted by molar-refractivity contribution is 6.05. The van der Waals surface area contributed by atoms with Gasteiger partial charge in [-0.2, -0.15) is 13.2 Å². The van der Waals surface area contributed by atoms with Crippen LogP contribution in [0.15, 0.2) is 42.5 Å². The van der Waals surface area contributed by atoms with E-state index in [2.05, 4.69) is 10.6 Å². The number of amides is 3. The summed E-state index contributed by atoms with van der Waals surface area (Å²) in [5.41, 5.74) is -0.265. The lowest BCUT2D eigenvalue weighted by molar-refractivity contribution is -0.137. The number of hydrogen-bond donors (Lipinski definition) is 2. The van der Waals surface area contributed by atoms with Crippen molar-refractivity contribution in [1.82, 2.24) is 10.2 Å². The molecule has 0 aromatic heterocycles. The minimum absolute atomic E-state index is 0.0444. The Bertz CT molecular complexity index is 1150. The fourth-order valence-electron chi connectivity index (χ4n) is 4.43. The highest BCUT2D eigenvalue weighted by atomic mass is 19.4. The summed E-state index contributed by atoms with van der Waals surface area (Å²) >= 11 is 0. The molecule has 3 atom stereocenters. The zero-order chi connectivity index (χ0) is 26.0. The molecule has 0 bridgehead atoms. The maximum Gasteiger partial charge on any atom is 0.416 e. The first kappa shape index (κ1) is 25.5. The molecule has 2 aliphatic rings. The summed E-state index contributed by atoms with van der Waals surface area (Å²) in [7, 11) is 3.24. The summed E-state index contributed by atoms with van der Waals surface area (Å²) in [6.07, 6.45) is -3.69. The molecule has 3 amide bonds. The third-order valence-corrected chi connectivity index (χ3v) is 6.44. The van der Waals surface area contributed by atoms with Gasteiger partial charge < -0.3 is 25.0 Å². The Morgan fingerprint density at radius 3 is 2.50 bits per heavy atom. The molecule has 0 aliphatic carbocycles. The van der Waals surface area contributed by atoms with E-state index in [9.17, 15) is 27.6 Å². The summed E-state index contributed by atoms with van der Waals surface area (Å²) < 4.78 is 50.3. The molecule has 36 heavy (non-hydrogen) atoms. The number of ether oxygens (including phenoxy) is 2. The lowest BCUT2D eigenvalue weighted by Crippen LogP contribution is -2.53. The predicted octanol–water partition coefficient (Wildman–Crippen LogP) is 3.47. The van der Waals surface area contributed by atoms with Crippen LogP contribution in [0.3, 0.4) is 0 Å². The highest BCUT2D eigenvalue weighted by Gasteiger charge is 2.39. The van der Waals surface area contributed by atoms with Crippen LogP contribution in [0.25, 0.3) is 0 Å². The van der Waals surface area contributed by atoms with E-state index in [0.29, 0.717) is 24.3 Å². The summed E-state index contributed by atoms with van der Waals surface area (Å²) in [6.45, 7) is 0.177. The predicted molar refractivity (Wildman–Crippen MR) is 124 cm³/mol. The van der Waals surface area contributed by atoms with E-state index < -0.39 is 23.8 Å². The van der Waals surface area contributed by atoms with E-state index in [0.717, 1.165) is 24.3 Å². The molecule has 2 heterocycles. The highest BCUT2D eigenvalue weighted by Crippen LogP contribution is 2.33. The SMILES string of the molecule is CNC(=O)C[C@H]1CC[C@@H]2[C@@H](COc3ccc(NC(=O)c4ccc(C(F)(F)F)cc4)cc3C(=O)N2C)O1. The van der Waals surface area contributed by atoms with Gasteiger partial charge in [0, 0.05) is 25.3 Å². The van der Waals surface area contributed by atoms with Gasteiger partial charge in [-0.1, -0.05) is 0 Å². The Morgan fingerprint density at radius 1 is 1.11 bits per heavy atom. The van der Waals surface area contributed by atoms with Crippen molar-refractivity contribution in [1.29, 1.82) is 0 Å². The molecule has 8 nitrogen and oxygen atoms in total. The van der Waals surface area contributed by atoms with Crippen molar-refractivity contribution in [2.24, 2.45) is 0 Å². The molecule has 2 aliphatic heterocycles. The molecule has 0 unspecified atom stereocenters. The minimum Gasteiger partial charge on any atom is -0.490 e. The summed E-state index contributed by atoms with van der Waals surface area (Å²) in [5, 5.41) is 5.20. The second kappa shape index (κ2) is 10.2. The molecule has 1 saturated heterocycles. The van der Waals surface area contributed by atoms with Gasteiger partial charge in [-0.3, -0.25) is 14.4 Å². The molecule has 2 aromatic carbocycles. The largest absolute Gasteiger partial charge is 0.490 e. The fourth-order valence-corrected chi connectivity index (χ4v) is 4.43. The van der Waals surface area contributed by atoms with Gasteiger partial charge in [0.25, 0.3) is 11.8 Å². The van der Waals surface area contributed by atoms with Crippen molar-refractivity contribution in [2.75, 3.05) is 26.0 Å². The van der Waals surface area contributed by atoms with Crippen molar-refractivity contribution in [3.8, 4) is 5.75 Å². The number of fused-ring (bicyclic) bond motifs is 2. The number of nitrogens with one attached hydrogen (secondary N) is 2. The average molecular weight is 505 g/mol. The number of alkyl halides is 3. The van der Waals surface area contributed by atoms with E-state index in [1.54, 1.807) is 31.1 Å². The van der Waals surface area contributed by atoms with Crippen molar-refractivity contribution in [3.05, 3.63) is 59.2 Å². The van der Waals surface area contributed by atoms with Gasteiger partial charge in [0.1, 0.15) is 18.5 Å². The lowest BCUT2D eigenvalue weighted by Gasteiger charge is -2.42. The topological polar surface area (TPSA) is 97.0 Å². The monoisotopic (exact) mass is 505 g/mol. The van der Waals surface area contributed by atoms with Crippen LogP contribution in [0.4, 0.5) is 18.9 Å². The van der Waals surface area contributed by atoms with Gasteiger partial charge in [0.15, 0.2) is 0 Å². The van der Waals surface area contributed by atoms with Crippen molar-refractivity contribution in [3.63, 3.8) is 0 Å². The first-order valence-corrected chi connectivity index (χ1v) is 11.5. The molecule has 1 fully saturated rings. The van der Waals surface area contributed by atoms with Gasteiger partial charge >= 0.3 is 6.18 Å². The molecule has 4 rings (SSSR count). The molecule has 2 aromatic rings. The average Bonchev–Trinajstić information content (AvgIpc) is 2.86. The molecule has 2 N–H and O–H groups in total.